The molecule has 120 valence electrons. The van der Waals surface area contributed by atoms with Crippen molar-refractivity contribution in [2.75, 3.05) is 0 Å². The Kier molecular flexibility index (Phi) is 3.97. The fourth-order valence-electron chi connectivity index (χ4n) is 2.82. The number of rotatable bonds is 2. The summed E-state index contributed by atoms with van der Waals surface area (Å²) in [4.78, 5) is 13.6. The second-order valence-electron chi connectivity index (χ2n) is 5.84. The van der Waals surface area contributed by atoms with Gasteiger partial charge in [0.15, 0.2) is 0 Å². The van der Waals surface area contributed by atoms with Crippen LogP contribution in [-0.2, 0) is 7.05 Å². The van der Waals surface area contributed by atoms with Gasteiger partial charge in [-0.25, -0.2) is 0 Å². The van der Waals surface area contributed by atoms with E-state index in [9.17, 15) is 4.79 Å². The van der Waals surface area contributed by atoms with Crippen LogP contribution in [0.5, 0.6) is 0 Å². The Morgan fingerprint density at radius 3 is 2.80 bits per heavy atom. The molecule has 0 atom stereocenters. The first-order chi connectivity index (χ1) is 12.2. The van der Waals surface area contributed by atoms with Crippen molar-refractivity contribution in [1.82, 2.24) is 4.57 Å². The molecule has 0 aliphatic rings. The van der Waals surface area contributed by atoms with Gasteiger partial charge in [-0.05, 0) is 59.3 Å². The molecule has 0 aliphatic heterocycles. The highest BCUT2D eigenvalue weighted by atomic mass is 32.1. The number of thiophene rings is 1. The third-order valence-corrected chi connectivity index (χ3v) is 5.05. The standard InChI is InChI=1S/C22H15NOS/c1-23-12-11-17-15-18(8-9-20(17)23)21(24)10-7-16-4-2-5-19(14-16)22-6-3-13-25-22/h2-6,8-9,11-15H,1H3. The first-order valence-electron chi connectivity index (χ1n) is 7.96. The van der Waals surface area contributed by atoms with Crippen LogP contribution in [0.2, 0.25) is 0 Å². The minimum absolute atomic E-state index is 0.160. The van der Waals surface area contributed by atoms with E-state index in [1.54, 1.807) is 11.3 Å². The average Bonchev–Trinajstić information content (AvgIpc) is 3.30. The molecule has 0 saturated heterocycles. The molecule has 2 aromatic carbocycles. The summed E-state index contributed by atoms with van der Waals surface area (Å²) in [6.45, 7) is 0. The minimum Gasteiger partial charge on any atom is -0.351 e. The number of hydrogen-bond acceptors (Lipinski definition) is 2. The van der Waals surface area contributed by atoms with Gasteiger partial charge in [0.25, 0.3) is 0 Å². The molecule has 0 fully saturated rings. The summed E-state index contributed by atoms with van der Waals surface area (Å²) < 4.78 is 2.03. The monoisotopic (exact) mass is 341 g/mol. The van der Waals surface area contributed by atoms with Gasteiger partial charge in [-0.3, -0.25) is 4.79 Å². The Hall–Kier alpha value is -3.09. The topological polar surface area (TPSA) is 22.0 Å². The van der Waals surface area contributed by atoms with Crippen LogP contribution in [0.1, 0.15) is 15.9 Å². The average molecular weight is 341 g/mol. The molecule has 3 heteroatoms. The van der Waals surface area contributed by atoms with Crippen LogP contribution in [-0.4, -0.2) is 10.4 Å². The summed E-state index contributed by atoms with van der Waals surface area (Å²) in [5.41, 5.74) is 3.70. The number of nitrogens with zero attached hydrogens (tertiary/aromatic N) is 1. The Morgan fingerprint density at radius 2 is 1.96 bits per heavy atom. The fraction of sp³-hybridized carbons (Fsp3) is 0.0455. The van der Waals surface area contributed by atoms with Crippen molar-refractivity contribution in [2.45, 2.75) is 0 Å². The summed E-state index contributed by atoms with van der Waals surface area (Å²) in [7, 11) is 1.99. The van der Waals surface area contributed by atoms with Gasteiger partial charge in [0.1, 0.15) is 0 Å². The number of carbonyl (C=O) groups excluding carboxylic acids is 1. The third-order valence-electron chi connectivity index (χ3n) is 4.14. The molecule has 2 aromatic heterocycles. The van der Waals surface area contributed by atoms with Crippen LogP contribution >= 0.6 is 11.3 Å². The maximum Gasteiger partial charge on any atom is 0.236 e. The van der Waals surface area contributed by atoms with Crippen molar-refractivity contribution in [3.05, 3.63) is 83.4 Å². The number of aromatic nitrogens is 1. The van der Waals surface area contributed by atoms with E-state index in [0.29, 0.717) is 5.56 Å². The van der Waals surface area contributed by atoms with Gasteiger partial charge in [-0.2, -0.15) is 0 Å². The SMILES string of the molecule is Cn1ccc2cc(C(=O)C#Cc3cccc(-c4cccs4)c3)ccc21. The van der Waals surface area contributed by atoms with Crippen molar-refractivity contribution in [1.29, 1.82) is 0 Å². The van der Waals surface area contributed by atoms with Crippen molar-refractivity contribution >= 4 is 28.0 Å². The molecule has 0 radical (unpaired) electrons. The van der Waals surface area contributed by atoms with E-state index in [4.69, 9.17) is 0 Å². The molecular weight excluding hydrogens is 326 g/mol. The number of benzene rings is 2. The molecule has 2 nitrogen and oxygen atoms in total. The Morgan fingerprint density at radius 1 is 1.04 bits per heavy atom. The van der Waals surface area contributed by atoms with E-state index in [-0.39, 0.29) is 5.78 Å². The minimum atomic E-state index is -0.160. The van der Waals surface area contributed by atoms with Crippen molar-refractivity contribution < 1.29 is 4.79 Å². The predicted molar refractivity (Wildman–Crippen MR) is 104 cm³/mol. The van der Waals surface area contributed by atoms with E-state index in [1.807, 2.05) is 66.3 Å². The van der Waals surface area contributed by atoms with Gasteiger partial charge in [0.05, 0.1) is 0 Å². The van der Waals surface area contributed by atoms with Crippen LogP contribution in [0.3, 0.4) is 0 Å². The highest BCUT2D eigenvalue weighted by Crippen LogP contribution is 2.25. The summed E-state index contributed by atoms with van der Waals surface area (Å²) in [5.74, 6) is 5.61. The van der Waals surface area contributed by atoms with Crippen molar-refractivity contribution in [2.24, 2.45) is 7.05 Å². The summed E-state index contributed by atoms with van der Waals surface area (Å²) in [6.07, 6.45) is 1.99. The highest BCUT2D eigenvalue weighted by molar-refractivity contribution is 7.13. The van der Waals surface area contributed by atoms with Crippen LogP contribution < -0.4 is 0 Å². The molecule has 0 bridgehead atoms. The largest absolute Gasteiger partial charge is 0.351 e. The lowest BCUT2D eigenvalue weighted by Gasteiger charge is -1.99. The molecular formula is C22H15NOS. The van der Waals surface area contributed by atoms with Gasteiger partial charge in [0.2, 0.25) is 5.78 Å². The molecule has 4 aromatic rings. The molecule has 0 unspecified atom stereocenters. The zero-order valence-electron chi connectivity index (χ0n) is 13.7. The predicted octanol–water partition coefficient (Wildman–Crippen LogP) is 5.14. The van der Waals surface area contributed by atoms with Crippen LogP contribution in [0.25, 0.3) is 21.3 Å². The van der Waals surface area contributed by atoms with E-state index in [2.05, 4.69) is 29.4 Å². The molecule has 0 saturated carbocycles. The zero-order chi connectivity index (χ0) is 17.2. The maximum absolute atomic E-state index is 12.4. The number of hydrogen-bond donors (Lipinski definition) is 0. The lowest BCUT2D eigenvalue weighted by molar-refractivity contribution is 0.105. The molecule has 0 aliphatic carbocycles. The number of fused-ring (bicyclic) bond motifs is 1. The van der Waals surface area contributed by atoms with Gasteiger partial charge >= 0.3 is 0 Å². The van der Waals surface area contributed by atoms with Gasteiger partial charge in [0, 0.05) is 40.2 Å². The van der Waals surface area contributed by atoms with Crippen molar-refractivity contribution in [3.8, 4) is 22.3 Å². The Labute approximate surface area is 150 Å². The van der Waals surface area contributed by atoms with E-state index in [1.165, 1.54) is 4.88 Å². The van der Waals surface area contributed by atoms with Crippen molar-refractivity contribution in [3.63, 3.8) is 0 Å². The second-order valence-corrected chi connectivity index (χ2v) is 6.79. The van der Waals surface area contributed by atoms with Gasteiger partial charge < -0.3 is 4.57 Å². The van der Waals surface area contributed by atoms with Gasteiger partial charge in [-0.15, -0.1) is 11.3 Å². The van der Waals surface area contributed by atoms with Crippen LogP contribution in [0.15, 0.2) is 72.2 Å². The lowest BCUT2D eigenvalue weighted by atomic mass is 10.1. The van der Waals surface area contributed by atoms with Crippen LogP contribution in [0.4, 0.5) is 0 Å². The second kappa shape index (κ2) is 6.43. The summed E-state index contributed by atoms with van der Waals surface area (Å²) in [5, 5.41) is 3.10. The molecule has 25 heavy (non-hydrogen) atoms. The normalized spacial score (nSPS) is 10.4. The quantitative estimate of drug-likeness (QED) is 0.365. The number of Topliss-reactive ketones (excluding diaryl/α,β-unsaturated/α-hetero) is 1. The molecule has 0 N–H and O–H groups in total. The lowest BCUT2D eigenvalue weighted by Crippen LogP contribution is -1.95. The van der Waals surface area contributed by atoms with E-state index in [0.717, 1.165) is 22.0 Å². The molecule has 2 heterocycles. The fourth-order valence-corrected chi connectivity index (χ4v) is 3.54. The number of carbonyl (C=O) groups is 1. The maximum atomic E-state index is 12.4. The summed E-state index contributed by atoms with van der Waals surface area (Å²) >= 11 is 1.69. The molecule has 0 amide bonds. The van der Waals surface area contributed by atoms with E-state index < -0.39 is 0 Å². The highest BCUT2D eigenvalue weighted by Gasteiger charge is 2.05. The third kappa shape index (κ3) is 3.13. The Bertz CT molecular complexity index is 1120. The molecule has 4 rings (SSSR count). The first kappa shape index (κ1) is 15.4. The Balaban J connectivity index is 1.61. The van der Waals surface area contributed by atoms with Crippen LogP contribution in [0, 0.1) is 11.8 Å². The van der Waals surface area contributed by atoms with Gasteiger partial charge in [-0.1, -0.05) is 24.1 Å². The number of aryl methyl sites for hydroxylation is 1. The number of ketones is 1. The first-order valence-corrected chi connectivity index (χ1v) is 8.84. The zero-order valence-corrected chi connectivity index (χ0v) is 14.5. The summed E-state index contributed by atoms with van der Waals surface area (Å²) in [6, 6.07) is 19.8. The smallest absolute Gasteiger partial charge is 0.236 e. The molecule has 0 spiro atoms. The van der Waals surface area contributed by atoms with E-state index >= 15 is 0 Å².